The molecular weight excluding hydrogens is 264 g/mol. The van der Waals surface area contributed by atoms with Crippen molar-refractivity contribution < 1.29 is 14.6 Å². The Hall–Kier alpha value is -2.29. The van der Waals surface area contributed by atoms with Gasteiger partial charge in [-0.15, -0.1) is 0 Å². The number of methoxy groups -OCH3 is 1. The third-order valence-electron chi connectivity index (χ3n) is 3.59. The minimum Gasteiger partial charge on any atom is -0.497 e. The zero-order chi connectivity index (χ0) is 15.1. The second kappa shape index (κ2) is 7.48. The van der Waals surface area contributed by atoms with Crippen LogP contribution in [0.25, 0.3) is 0 Å². The van der Waals surface area contributed by atoms with Crippen LogP contribution in [-0.4, -0.2) is 18.2 Å². The van der Waals surface area contributed by atoms with Gasteiger partial charge in [0.1, 0.15) is 5.75 Å². The summed E-state index contributed by atoms with van der Waals surface area (Å²) in [5, 5.41) is 9.39. The van der Waals surface area contributed by atoms with E-state index in [2.05, 4.69) is 0 Å². The van der Waals surface area contributed by atoms with E-state index in [0.29, 0.717) is 6.42 Å². The summed E-state index contributed by atoms with van der Waals surface area (Å²) in [5.41, 5.74) is 2.04. The van der Waals surface area contributed by atoms with Crippen LogP contribution >= 0.6 is 0 Å². The fourth-order valence-electron chi connectivity index (χ4n) is 2.46. The van der Waals surface area contributed by atoms with Gasteiger partial charge in [0.15, 0.2) is 0 Å². The Morgan fingerprint density at radius 3 is 2.57 bits per heavy atom. The molecule has 1 N–H and O–H groups in total. The monoisotopic (exact) mass is 284 g/mol. The molecule has 0 fully saturated rings. The van der Waals surface area contributed by atoms with Crippen LogP contribution < -0.4 is 4.74 Å². The summed E-state index contributed by atoms with van der Waals surface area (Å²) in [6.45, 7) is 0. The van der Waals surface area contributed by atoms with E-state index in [-0.39, 0.29) is 0 Å². The lowest BCUT2D eigenvalue weighted by Gasteiger charge is -2.12. The first kappa shape index (κ1) is 15.1. The van der Waals surface area contributed by atoms with Crippen molar-refractivity contribution >= 4 is 5.97 Å². The Morgan fingerprint density at radius 1 is 1.14 bits per heavy atom. The minimum atomic E-state index is -0.758. The quantitative estimate of drug-likeness (QED) is 0.839. The van der Waals surface area contributed by atoms with Crippen molar-refractivity contribution in [2.45, 2.75) is 25.2 Å². The van der Waals surface area contributed by atoms with Crippen LogP contribution in [0.3, 0.4) is 0 Å². The van der Waals surface area contributed by atoms with E-state index in [1.165, 1.54) is 5.56 Å². The van der Waals surface area contributed by atoms with E-state index in [1.807, 2.05) is 54.6 Å². The van der Waals surface area contributed by atoms with E-state index in [0.717, 1.165) is 24.2 Å². The lowest BCUT2D eigenvalue weighted by atomic mass is 9.92. The summed E-state index contributed by atoms with van der Waals surface area (Å²) in [7, 11) is 1.65. The van der Waals surface area contributed by atoms with Crippen LogP contribution in [0.15, 0.2) is 54.6 Å². The van der Waals surface area contributed by atoms with Crippen molar-refractivity contribution in [2.24, 2.45) is 0 Å². The number of benzene rings is 2. The van der Waals surface area contributed by atoms with E-state index < -0.39 is 11.9 Å². The second-order valence-electron chi connectivity index (χ2n) is 5.05. The molecule has 3 nitrogen and oxygen atoms in total. The number of carboxylic acid groups (broad SMARTS) is 1. The topological polar surface area (TPSA) is 46.5 Å². The number of aliphatic carboxylic acids is 1. The first-order valence-electron chi connectivity index (χ1n) is 7.11. The largest absolute Gasteiger partial charge is 0.497 e. The lowest BCUT2D eigenvalue weighted by molar-refractivity contribution is -0.139. The average Bonchev–Trinajstić information content (AvgIpc) is 2.52. The molecule has 0 spiro atoms. The number of carboxylic acids is 1. The maximum absolute atomic E-state index is 11.4. The molecule has 0 radical (unpaired) electrons. The maximum Gasteiger partial charge on any atom is 0.310 e. The van der Waals surface area contributed by atoms with Crippen molar-refractivity contribution in [1.29, 1.82) is 0 Å². The van der Waals surface area contributed by atoms with E-state index >= 15 is 0 Å². The van der Waals surface area contributed by atoms with Gasteiger partial charge in [-0.1, -0.05) is 42.5 Å². The standard InChI is InChI=1S/C18H20O3/c1-21-16-11-5-7-14(13-16)8-6-12-17(18(19)20)15-9-3-2-4-10-15/h2-5,7,9-11,13,17H,6,8,12H2,1H3,(H,19,20). The molecule has 3 heteroatoms. The first-order valence-corrected chi connectivity index (χ1v) is 7.11. The van der Waals surface area contributed by atoms with Gasteiger partial charge >= 0.3 is 5.97 Å². The number of ether oxygens (including phenoxy) is 1. The first-order chi connectivity index (χ1) is 10.2. The van der Waals surface area contributed by atoms with Gasteiger partial charge in [-0.25, -0.2) is 0 Å². The van der Waals surface area contributed by atoms with Crippen LogP contribution in [0, 0.1) is 0 Å². The Bertz CT molecular complexity index is 578. The van der Waals surface area contributed by atoms with Crippen molar-refractivity contribution in [3.63, 3.8) is 0 Å². The summed E-state index contributed by atoms with van der Waals surface area (Å²) in [6.07, 6.45) is 2.32. The number of aryl methyl sites for hydroxylation is 1. The summed E-state index contributed by atoms with van der Waals surface area (Å²) in [6, 6.07) is 17.3. The molecule has 1 atom stereocenters. The predicted molar refractivity (Wildman–Crippen MR) is 82.8 cm³/mol. The molecule has 0 aliphatic rings. The molecule has 0 aliphatic heterocycles. The van der Waals surface area contributed by atoms with Gasteiger partial charge in [0.25, 0.3) is 0 Å². The Labute approximate surface area is 125 Å². The normalized spacial score (nSPS) is 11.9. The zero-order valence-corrected chi connectivity index (χ0v) is 12.2. The number of hydrogen-bond acceptors (Lipinski definition) is 2. The summed E-state index contributed by atoms with van der Waals surface area (Å²) in [4.78, 5) is 11.4. The highest BCUT2D eigenvalue weighted by Gasteiger charge is 2.18. The zero-order valence-electron chi connectivity index (χ0n) is 12.2. The Kier molecular flexibility index (Phi) is 5.38. The third-order valence-corrected chi connectivity index (χ3v) is 3.59. The SMILES string of the molecule is COc1cccc(CCCC(C(=O)O)c2ccccc2)c1. The number of hydrogen-bond donors (Lipinski definition) is 1. The molecule has 2 aromatic carbocycles. The molecule has 0 aromatic heterocycles. The predicted octanol–water partition coefficient (Wildman–Crippen LogP) is 3.89. The van der Waals surface area contributed by atoms with E-state index in [9.17, 15) is 9.90 Å². The molecule has 0 aliphatic carbocycles. The number of rotatable bonds is 7. The fraction of sp³-hybridized carbons (Fsp3) is 0.278. The fourth-order valence-corrected chi connectivity index (χ4v) is 2.46. The highest BCUT2D eigenvalue weighted by atomic mass is 16.5. The van der Waals surface area contributed by atoms with Gasteiger partial charge in [0.2, 0.25) is 0 Å². The van der Waals surface area contributed by atoms with E-state index in [1.54, 1.807) is 7.11 Å². The van der Waals surface area contributed by atoms with Crippen LogP contribution in [0.1, 0.15) is 29.9 Å². The van der Waals surface area contributed by atoms with Gasteiger partial charge in [0, 0.05) is 0 Å². The number of carbonyl (C=O) groups is 1. The Balaban J connectivity index is 1.95. The third kappa shape index (κ3) is 4.35. The van der Waals surface area contributed by atoms with Gasteiger partial charge in [0.05, 0.1) is 13.0 Å². The molecular formula is C18H20O3. The van der Waals surface area contributed by atoms with Crippen LogP contribution in [0.2, 0.25) is 0 Å². The summed E-state index contributed by atoms with van der Waals surface area (Å²) >= 11 is 0. The molecule has 0 saturated heterocycles. The molecule has 0 bridgehead atoms. The molecule has 0 heterocycles. The molecule has 110 valence electrons. The molecule has 2 aromatic rings. The van der Waals surface area contributed by atoms with Crippen molar-refractivity contribution in [3.05, 3.63) is 65.7 Å². The highest BCUT2D eigenvalue weighted by Crippen LogP contribution is 2.23. The molecule has 2 rings (SSSR count). The smallest absolute Gasteiger partial charge is 0.310 e. The minimum absolute atomic E-state index is 0.434. The van der Waals surface area contributed by atoms with Gasteiger partial charge in [-0.2, -0.15) is 0 Å². The average molecular weight is 284 g/mol. The van der Waals surface area contributed by atoms with Gasteiger partial charge in [-0.05, 0) is 42.5 Å². The highest BCUT2D eigenvalue weighted by molar-refractivity contribution is 5.75. The lowest BCUT2D eigenvalue weighted by Crippen LogP contribution is -2.11. The van der Waals surface area contributed by atoms with Crippen molar-refractivity contribution in [2.75, 3.05) is 7.11 Å². The summed E-state index contributed by atoms with van der Waals surface area (Å²) < 4.78 is 5.20. The van der Waals surface area contributed by atoms with E-state index in [4.69, 9.17) is 4.74 Å². The van der Waals surface area contributed by atoms with Gasteiger partial charge in [-0.3, -0.25) is 4.79 Å². The molecule has 21 heavy (non-hydrogen) atoms. The molecule has 0 saturated carbocycles. The summed E-state index contributed by atoms with van der Waals surface area (Å²) in [5.74, 6) is -0.353. The van der Waals surface area contributed by atoms with Crippen LogP contribution in [0.4, 0.5) is 0 Å². The second-order valence-corrected chi connectivity index (χ2v) is 5.05. The van der Waals surface area contributed by atoms with Crippen molar-refractivity contribution in [1.82, 2.24) is 0 Å². The maximum atomic E-state index is 11.4. The molecule has 1 unspecified atom stereocenters. The molecule has 0 amide bonds. The van der Waals surface area contributed by atoms with Gasteiger partial charge < -0.3 is 9.84 Å². The van der Waals surface area contributed by atoms with Crippen molar-refractivity contribution in [3.8, 4) is 5.75 Å². The Morgan fingerprint density at radius 2 is 1.90 bits per heavy atom. The van der Waals surface area contributed by atoms with Crippen LogP contribution in [0.5, 0.6) is 5.75 Å². The van der Waals surface area contributed by atoms with Crippen LogP contribution in [-0.2, 0) is 11.2 Å².